The number of fused-ring (bicyclic) bond motifs is 1. The van der Waals surface area contributed by atoms with Crippen LogP contribution in [0.25, 0.3) is 0 Å². The van der Waals surface area contributed by atoms with Gasteiger partial charge in [-0.25, -0.2) is 0 Å². The summed E-state index contributed by atoms with van der Waals surface area (Å²) < 4.78 is 0. The normalized spacial score (nSPS) is 44.3. The fourth-order valence-electron chi connectivity index (χ4n) is 4.89. The second kappa shape index (κ2) is 5.76. The van der Waals surface area contributed by atoms with Crippen molar-refractivity contribution in [3.63, 3.8) is 0 Å². The highest BCUT2D eigenvalue weighted by Crippen LogP contribution is 2.57. The monoisotopic (exact) mass is 286 g/mol. The van der Waals surface area contributed by atoms with E-state index in [0.29, 0.717) is 5.41 Å². The molecule has 3 aliphatic carbocycles. The lowest BCUT2D eigenvalue weighted by Gasteiger charge is -2.41. The first-order chi connectivity index (χ1) is 10.0. The molecule has 0 unspecified atom stereocenters. The SMILES string of the molecule is C=C1CC[C@H](O)C/C1=C\C=C1/CCC[C@]2(C)[C@@H](C)CC[C@@H]12. The molecule has 0 heterocycles. The summed E-state index contributed by atoms with van der Waals surface area (Å²) in [5, 5.41) is 9.86. The first kappa shape index (κ1) is 15.1. The van der Waals surface area contributed by atoms with Crippen LogP contribution in [0, 0.1) is 17.3 Å². The van der Waals surface area contributed by atoms with Crippen molar-refractivity contribution in [2.75, 3.05) is 0 Å². The molecule has 0 aromatic carbocycles. The molecule has 1 N–H and O–H groups in total. The Kier molecular flexibility index (Phi) is 4.14. The van der Waals surface area contributed by atoms with Gasteiger partial charge < -0.3 is 5.11 Å². The minimum Gasteiger partial charge on any atom is -0.393 e. The number of aliphatic hydroxyl groups excluding tert-OH is 1. The molecule has 0 radical (unpaired) electrons. The van der Waals surface area contributed by atoms with Gasteiger partial charge in [0, 0.05) is 0 Å². The number of hydrogen-bond donors (Lipinski definition) is 1. The van der Waals surface area contributed by atoms with E-state index in [0.717, 1.165) is 31.1 Å². The van der Waals surface area contributed by atoms with Gasteiger partial charge in [-0.3, -0.25) is 0 Å². The third kappa shape index (κ3) is 2.77. The number of hydrogen-bond acceptors (Lipinski definition) is 1. The van der Waals surface area contributed by atoms with Gasteiger partial charge in [0.15, 0.2) is 0 Å². The molecule has 0 saturated heterocycles. The maximum absolute atomic E-state index is 9.86. The molecular weight excluding hydrogens is 256 g/mol. The molecule has 0 bridgehead atoms. The third-order valence-electron chi connectivity index (χ3n) is 6.63. The average Bonchev–Trinajstić information content (AvgIpc) is 2.76. The lowest BCUT2D eigenvalue weighted by molar-refractivity contribution is 0.147. The van der Waals surface area contributed by atoms with Crippen molar-refractivity contribution in [3.05, 3.63) is 35.5 Å². The quantitative estimate of drug-likeness (QED) is 0.704. The lowest BCUT2D eigenvalue weighted by atomic mass is 9.64. The predicted molar refractivity (Wildman–Crippen MR) is 89.0 cm³/mol. The van der Waals surface area contributed by atoms with E-state index in [2.05, 4.69) is 32.6 Å². The molecule has 3 saturated carbocycles. The van der Waals surface area contributed by atoms with E-state index in [1.54, 1.807) is 5.57 Å². The second-order valence-corrected chi connectivity index (χ2v) is 7.82. The molecule has 0 aromatic heterocycles. The van der Waals surface area contributed by atoms with Crippen LogP contribution in [-0.2, 0) is 0 Å². The summed E-state index contributed by atoms with van der Waals surface area (Å²) in [4.78, 5) is 0. The fourth-order valence-corrected chi connectivity index (χ4v) is 4.89. The lowest BCUT2D eigenvalue weighted by Crippen LogP contribution is -2.31. The second-order valence-electron chi connectivity index (χ2n) is 7.82. The molecule has 21 heavy (non-hydrogen) atoms. The summed E-state index contributed by atoms with van der Waals surface area (Å²) in [7, 11) is 0. The third-order valence-corrected chi connectivity index (χ3v) is 6.63. The first-order valence-corrected chi connectivity index (χ1v) is 8.76. The molecule has 4 atom stereocenters. The van der Waals surface area contributed by atoms with Gasteiger partial charge >= 0.3 is 0 Å². The summed E-state index contributed by atoms with van der Waals surface area (Å²) in [6.45, 7) is 9.14. The Morgan fingerprint density at radius 3 is 2.81 bits per heavy atom. The maximum Gasteiger partial charge on any atom is 0.0583 e. The Hall–Kier alpha value is -0.820. The highest BCUT2D eigenvalue weighted by atomic mass is 16.3. The van der Waals surface area contributed by atoms with Gasteiger partial charge in [0.2, 0.25) is 0 Å². The van der Waals surface area contributed by atoms with E-state index in [1.807, 2.05) is 0 Å². The highest BCUT2D eigenvalue weighted by molar-refractivity contribution is 5.36. The molecular formula is C20H30O. The standard InChI is InChI=1S/C20H30O/c1-14-6-10-18(21)13-17(14)9-8-16-5-4-12-20(3)15(2)7-11-19(16)20/h8-9,15,18-19,21H,1,4-7,10-13H2,2-3H3/b16-8+,17-9+/t15-,18-,19-,20+/m0/s1. The van der Waals surface area contributed by atoms with E-state index < -0.39 is 0 Å². The number of rotatable bonds is 1. The van der Waals surface area contributed by atoms with E-state index in [1.165, 1.54) is 43.3 Å². The summed E-state index contributed by atoms with van der Waals surface area (Å²) in [6, 6.07) is 0. The van der Waals surface area contributed by atoms with Crippen LogP contribution < -0.4 is 0 Å². The van der Waals surface area contributed by atoms with Crippen LogP contribution in [0.15, 0.2) is 35.5 Å². The molecule has 3 fully saturated rings. The minimum atomic E-state index is -0.164. The minimum absolute atomic E-state index is 0.164. The Labute approximate surface area is 129 Å². The van der Waals surface area contributed by atoms with Gasteiger partial charge in [-0.2, -0.15) is 0 Å². The van der Waals surface area contributed by atoms with Gasteiger partial charge in [-0.05, 0) is 74.2 Å². The van der Waals surface area contributed by atoms with E-state index in [4.69, 9.17) is 0 Å². The number of aliphatic hydroxyl groups is 1. The molecule has 0 aromatic rings. The molecule has 1 nitrogen and oxygen atoms in total. The van der Waals surface area contributed by atoms with E-state index >= 15 is 0 Å². The maximum atomic E-state index is 9.86. The smallest absolute Gasteiger partial charge is 0.0583 e. The van der Waals surface area contributed by atoms with Gasteiger partial charge in [-0.15, -0.1) is 0 Å². The largest absolute Gasteiger partial charge is 0.393 e. The van der Waals surface area contributed by atoms with Crippen LogP contribution in [0.2, 0.25) is 0 Å². The Morgan fingerprint density at radius 1 is 1.19 bits per heavy atom. The van der Waals surface area contributed by atoms with Crippen LogP contribution in [0.5, 0.6) is 0 Å². The van der Waals surface area contributed by atoms with Crippen LogP contribution >= 0.6 is 0 Å². The summed E-state index contributed by atoms with van der Waals surface area (Å²) in [5.74, 6) is 1.66. The first-order valence-electron chi connectivity index (χ1n) is 8.76. The zero-order valence-electron chi connectivity index (χ0n) is 13.7. The van der Waals surface area contributed by atoms with E-state index in [9.17, 15) is 5.11 Å². The zero-order chi connectivity index (χ0) is 15.0. The van der Waals surface area contributed by atoms with Gasteiger partial charge in [0.25, 0.3) is 0 Å². The van der Waals surface area contributed by atoms with Gasteiger partial charge in [0.1, 0.15) is 0 Å². The fraction of sp³-hybridized carbons (Fsp3) is 0.700. The Balaban J connectivity index is 1.81. The average molecular weight is 286 g/mol. The summed E-state index contributed by atoms with van der Waals surface area (Å²) >= 11 is 0. The Bertz CT molecular complexity index is 484. The van der Waals surface area contributed by atoms with Crippen molar-refractivity contribution in [2.24, 2.45) is 17.3 Å². The van der Waals surface area contributed by atoms with Crippen molar-refractivity contribution in [1.82, 2.24) is 0 Å². The van der Waals surface area contributed by atoms with Crippen LogP contribution in [0.1, 0.15) is 65.2 Å². The molecule has 0 spiro atoms. The molecule has 0 amide bonds. The zero-order valence-corrected chi connectivity index (χ0v) is 13.7. The molecule has 0 aliphatic heterocycles. The summed E-state index contributed by atoms with van der Waals surface area (Å²) in [5.41, 5.74) is 4.70. The topological polar surface area (TPSA) is 20.2 Å². The van der Waals surface area contributed by atoms with Gasteiger partial charge in [0.05, 0.1) is 6.10 Å². The molecule has 116 valence electrons. The Morgan fingerprint density at radius 2 is 2.00 bits per heavy atom. The highest BCUT2D eigenvalue weighted by Gasteiger charge is 2.46. The van der Waals surface area contributed by atoms with Gasteiger partial charge in [-0.1, -0.05) is 43.7 Å². The van der Waals surface area contributed by atoms with Crippen LogP contribution in [0.3, 0.4) is 0 Å². The molecule has 3 aliphatic rings. The van der Waals surface area contributed by atoms with Crippen molar-refractivity contribution < 1.29 is 5.11 Å². The predicted octanol–water partition coefficient (Wildman–Crippen LogP) is 5.18. The van der Waals surface area contributed by atoms with Crippen LogP contribution in [-0.4, -0.2) is 11.2 Å². The van der Waals surface area contributed by atoms with Crippen molar-refractivity contribution >= 4 is 0 Å². The van der Waals surface area contributed by atoms with E-state index in [-0.39, 0.29) is 6.10 Å². The molecule has 1 heteroatoms. The van der Waals surface area contributed by atoms with Crippen molar-refractivity contribution in [3.8, 4) is 0 Å². The van der Waals surface area contributed by atoms with Crippen LogP contribution in [0.4, 0.5) is 0 Å². The summed E-state index contributed by atoms with van der Waals surface area (Å²) in [6.07, 6.45) is 13.9. The van der Waals surface area contributed by atoms with Crippen molar-refractivity contribution in [2.45, 2.75) is 71.3 Å². The number of allylic oxidation sites excluding steroid dienone is 4. The molecule has 3 rings (SSSR count). The van der Waals surface area contributed by atoms with Crippen molar-refractivity contribution in [1.29, 1.82) is 0 Å².